The number of nitrogens with one attached hydrogen (secondary N) is 1. The van der Waals surface area contributed by atoms with E-state index in [4.69, 9.17) is 4.42 Å². The number of benzene rings is 1. The average Bonchev–Trinajstić information content (AvgIpc) is 2.76. The molecule has 98 valence electrons. The summed E-state index contributed by atoms with van der Waals surface area (Å²) in [6.45, 7) is 2.82. The first-order valence-corrected chi connectivity index (χ1v) is 7.89. The summed E-state index contributed by atoms with van der Waals surface area (Å²) in [6.07, 6.45) is 2.66. The Hall–Kier alpha value is -1.13. The molecule has 1 aromatic carbocycles. The van der Waals surface area contributed by atoms with Crippen molar-refractivity contribution in [2.24, 2.45) is 0 Å². The Morgan fingerprint density at radius 1 is 1.39 bits per heavy atom. The minimum atomic E-state index is -0.710. The molecule has 1 N–H and O–H groups in total. The van der Waals surface area contributed by atoms with Gasteiger partial charge in [0, 0.05) is 34.2 Å². The smallest absolute Gasteiger partial charge is 0.134 e. The Balaban J connectivity index is 1.87. The molecule has 0 bridgehead atoms. The van der Waals surface area contributed by atoms with Crippen LogP contribution in [-0.2, 0) is 17.3 Å². The second-order valence-corrected chi connectivity index (χ2v) is 6.15. The SMILES string of the molecule is CC(CCS(C)=O)NCc1cc2ccccc2o1. The van der Waals surface area contributed by atoms with E-state index in [0.29, 0.717) is 12.6 Å². The second kappa shape index (κ2) is 6.16. The third-order valence-electron chi connectivity index (χ3n) is 2.94. The van der Waals surface area contributed by atoms with Crippen molar-refractivity contribution in [1.29, 1.82) is 0 Å². The highest BCUT2D eigenvalue weighted by Gasteiger charge is 2.06. The van der Waals surface area contributed by atoms with Gasteiger partial charge < -0.3 is 9.73 Å². The van der Waals surface area contributed by atoms with Crippen LogP contribution in [0.2, 0.25) is 0 Å². The number of para-hydroxylation sites is 1. The Bertz CT molecular complexity index is 502. The van der Waals surface area contributed by atoms with E-state index in [9.17, 15) is 4.21 Å². The highest BCUT2D eigenvalue weighted by molar-refractivity contribution is 7.84. The third kappa shape index (κ3) is 3.68. The lowest BCUT2D eigenvalue weighted by molar-refractivity contribution is 0.468. The van der Waals surface area contributed by atoms with Gasteiger partial charge in [-0.2, -0.15) is 0 Å². The van der Waals surface area contributed by atoms with Crippen molar-refractivity contribution >= 4 is 21.8 Å². The van der Waals surface area contributed by atoms with Gasteiger partial charge in [0.25, 0.3) is 0 Å². The zero-order valence-electron chi connectivity index (χ0n) is 10.8. The lowest BCUT2D eigenvalue weighted by Gasteiger charge is -2.11. The van der Waals surface area contributed by atoms with E-state index in [1.54, 1.807) is 6.26 Å². The molecule has 0 aliphatic heterocycles. The van der Waals surface area contributed by atoms with Gasteiger partial charge in [0.2, 0.25) is 0 Å². The Kier molecular flexibility index (Phi) is 4.55. The van der Waals surface area contributed by atoms with E-state index in [0.717, 1.165) is 28.9 Å². The van der Waals surface area contributed by atoms with Crippen LogP contribution < -0.4 is 5.32 Å². The number of hydrogen-bond acceptors (Lipinski definition) is 3. The van der Waals surface area contributed by atoms with Crippen LogP contribution in [0, 0.1) is 0 Å². The van der Waals surface area contributed by atoms with Gasteiger partial charge in [-0.15, -0.1) is 0 Å². The van der Waals surface area contributed by atoms with E-state index in [1.807, 2.05) is 24.3 Å². The van der Waals surface area contributed by atoms with Crippen LogP contribution in [0.4, 0.5) is 0 Å². The molecule has 2 atom stereocenters. The van der Waals surface area contributed by atoms with E-state index in [1.165, 1.54) is 0 Å². The van der Waals surface area contributed by atoms with Gasteiger partial charge in [-0.1, -0.05) is 18.2 Å². The van der Waals surface area contributed by atoms with Gasteiger partial charge in [-0.05, 0) is 25.5 Å². The Morgan fingerprint density at radius 2 is 2.17 bits per heavy atom. The fourth-order valence-corrected chi connectivity index (χ4v) is 2.53. The zero-order chi connectivity index (χ0) is 13.0. The van der Waals surface area contributed by atoms with Crippen LogP contribution >= 0.6 is 0 Å². The van der Waals surface area contributed by atoms with Crippen molar-refractivity contribution in [1.82, 2.24) is 5.32 Å². The molecule has 4 heteroatoms. The topological polar surface area (TPSA) is 42.2 Å². The highest BCUT2D eigenvalue weighted by Crippen LogP contribution is 2.18. The van der Waals surface area contributed by atoms with E-state index in [-0.39, 0.29) is 0 Å². The molecule has 2 unspecified atom stereocenters. The molecular formula is C14H19NO2S. The quantitative estimate of drug-likeness (QED) is 0.873. The lowest BCUT2D eigenvalue weighted by Crippen LogP contribution is -2.26. The molecule has 1 heterocycles. The Labute approximate surface area is 110 Å². The maximum Gasteiger partial charge on any atom is 0.134 e. The van der Waals surface area contributed by atoms with Gasteiger partial charge in [-0.25, -0.2) is 0 Å². The molecule has 2 aromatic rings. The summed E-state index contributed by atoms with van der Waals surface area (Å²) < 4.78 is 16.7. The number of hydrogen-bond donors (Lipinski definition) is 1. The molecule has 0 aliphatic carbocycles. The van der Waals surface area contributed by atoms with E-state index >= 15 is 0 Å². The van der Waals surface area contributed by atoms with Gasteiger partial charge in [-0.3, -0.25) is 4.21 Å². The summed E-state index contributed by atoms with van der Waals surface area (Å²) >= 11 is 0. The van der Waals surface area contributed by atoms with Crippen LogP contribution in [0.3, 0.4) is 0 Å². The molecule has 18 heavy (non-hydrogen) atoms. The van der Waals surface area contributed by atoms with Gasteiger partial charge >= 0.3 is 0 Å². The molecule has 3 nitrogen and oxygen atoms in total. The fourth-order valence-electron chi connectivity index (χ4n) is 1.84. The first kappa shape index (κ1) is 13.3. The molecule has 1 aromatic heterocycles. The maximum atomic E-state index is 11.0. The van der Waals surface area contributed by atoms with Crippen LogP contribution in [-0.4, -0.2) is 22.3 Å². The largest absolute Gasteiger partial charge is 0.460 e. The van der Waals surface area contributed by atoms with Crippen LogP contribution in [0.25, 0.3) is 11.0 Å². The second-order valence-electron chi connectivity index (χ2n) is 4.60. The van der Waals surface area contributed by atoms with E-state index in [2.05, 4.69) is 18.3 Å². The van der Waals surface area contributed by atoms with Gasteiger partial charge in [0.15, 0.2) is 0 Å². The van der Waals surface area contributed by atoms with Crippen molar-refractivity contribution in [3.63, 3.8) is 0 Å². The fraction of sp³-hybridized carbons (Fsp3) is 0.429. The third-order valence-corrected chi connectivity index (χ3v) is 3.75. The predicted octanol–water partition coefficient (Wildman–Crippen LogP) is 2.68. The molecule has 0 saturated carbocycles. The number of rotatable bonds is 6. The molecule has 0 fully saturated rings. The van der Waals surface area contributed by atoms with Crippen molar-refractivity contribution < 1.29 is 8.63 Å². The number of fused-ring (bicyclic) bond motifs is 1. The monoisotopic (exact) mass is 265 g/mol. The van der Waals surface area contributed by atoms with Gasteiger partial charge in [0.1, 0.15) is 11.3 Å². The van der Waals surface area contributed by atoms with Crippen molar-refractivity contribution in [3.05, 3.63) is 36.1 Å². The summed E-state index contributed by atoms with van der Waals surface area (Å²) in [5, 5.41) is 4.52. The standard InChI is InChI=1S/C14H19NO2S/c1-11(7-8-18(2)16)15-10-13-9-12-5-3-4-6-14(12)17-13/h3-6,9,11,15H,7-8,10H2,1-2H3. The minimum absolute atomic E-state index is 0.349. The summed E-state index contributed by atoms with van der Waals surface area (Å²) in [7, 11) is -0.710. The van der Waals surface area contributed by atoms with Gasteiger partial charge in [0.05, 0.1) is 6.54 Å². The normalized spacial score (nSPS) is 14.8. The van der Waals surface area contributed by atoms with Crippen molar-refractivity contribution in [2.45, 2.75) is 25.9 Å². The lowest BCUT2D eigenvalue weighted by atomic mass is 10.2. The van der Waals surface area contributed by atoms with Crippen LogP contribution in [0.1, 0.15) is 19.1 Å². The molecule has 0 radical (unpaired) electrons. The zero-order valence-corrected chi connectivity index (χ0v) is 11.6. The summed E-state index contributed by atoms with van der Waals surface area (Å²) in [5.74, 6) is 1.69. The first-order valence-electron chi connectivity index (χ1n) is 6.16. The average molecular weight is 265 g/mol. The first-order chi connectivity index (χ1) is 8.65. The molecule has 0 aliphatic rings. The molecule has 0 amide bonds. The molecule has 0 spiro atoms. The van der Waals surface area contributed by atoms with Crippen LogP contribution in [0.5, 0.6) is 0 Å². The van der Waals surface area contributed by atoms with E-state index < -0.39 is 10.8 Å². The molecular weight excluding hydrogens is 246 g/mol. The maximum absolute atomic E-state index is 11.0. The van der Waals surface area contributed by atoms with Crippen molar-refractivity contribution in [2.75, 3.05) is 12.0 Å². The highest BCUT2D eigenvalue weighted by atomic mass is 32.2. The summed E-state index contributed by atoms with van der Waals surface area (Å²) in [6, 6.07) is 10.4. The summed E-state index contributed by atoms with van der Waals surface area (Å²) in [4.78, 5) is 0. The molecule has 2 rings (SSSR count). The van der Waals surface area contributed by atoms with Crippen LogP contribution in [0.15, 0.2) is 34.7 Å². The minimum Gasteiger partial charge on any atom is -0.460 e. The Morgan fingerprint density at radius 3 is 2.89 bits per heavy atom. The molecule has 0 saturated heterocycles. The summed E-state index contributed by atoms with van der Waals surface area (Å²) in [5.41, 5.74) is 0.927. The van der Waals surface area contributed by atoms with Crippen molar-refractivity contribution in [3.8, 4) is 0 Å². The predicted molar refractivity (Wildman–Crippen MR) is 76.1 cm³/mol. The number of furan rings is 1.